The molecule has 8 nitrogen and oxygen atoms in total. The number of nitriles is 1. The number of anilines is 2. The molecule has 0 atom stereocenters. The predicted molar refractivity (Wildman–Crippen MR) is 89.4 cm³/mol. The van der Waals surface area contributed by atoms with Crippen molar-refractivity contribution in [2.24, 2.45) is 0 Å². The van der Waals surface area contributed by atoms with E-state index in [0.29, 0.717) is 22.8 Å². The van der Waals surface area contributed by atoms with E-state index in [-0.39, 0.29) is 11.6 Å². The van der Waals surface area contributed by atoms with Gasteiger partial charge in [-0.05, 0) is 36.4 Å². The third-order valence-electron chi connectivity index (χ3n) is 3.62. The highest BCUT2D eigenvalue weighted by Gasteiger charge is 2.16. The number of nitrogens with one attached hydrogen (secondary N) is 2. The summed E-state index contributed by atoms with van der Waals surface area (Å²) < 4.78 is 1.59. The number of rotatable bonds is 4. The Bertz CT molecular complexity index is 1090. The number of carbonyl (C=O) groups excluding carboxylic acids is 1. The molecule has 0 radical (unpaired) electrons. The minimum atomic E-state index is -0.326. The quantitative estimate of drug-likeness (QED) is 0.556. The number of nitrogens with zero attached hydrogens (tertiary/aromatic N) is 5. The summed E-state index contributed by atoms with van der Waals surface area (Å²) in [4.78, 5) is 17.1. The van der Waals surface area contributed by atoms with E-state index in [1.54, 1.807) is 47.2 Å². The fourth-order valence-electron chi connectivity index (χ4n) is 2.40. The van der Waals surface area contributed by atoms with E-state index in [4.69, 9.17) is 5.26 Å². The van der Waals surface area contributed by atoms with E-state index in [9.17, 15) is 4.79 Å². The van der Waals surface area contributed by atoms with Crippen LogP contribution in [0.25, 0.3) is 5.52 Å². The maximum Gasteiger partial charge on any atom is 0.232 e. The Morgan fingerprint density at radius 1 is 1.20 bits per heavy atom. The number of fused-ring (bicyclic) bond motifs is 1. The number of ketones is 1. The fourth-order valence-corrected chi connectivity index (χ4v) is 2.40. The molecular formula is C17H11N7O. The van der Waals surface area contributed by atoms with Gasteiger partial charge < -0.3 is 5.32 Å². The van der Waals surface area contributed by atoms with Gasteiger partial charge in [0, 0.05) is 17.8 Å². The summed E-state index contributed by atoms with van der Waals surface area (Å²) >= 11 is 0. The minimum absolute atomic E-state index is 0.0513. The van der Waals surface area contributed by atoms with Gasteiger partial charge in [-0.1, -0.05) is 0 Å². The van der Waals surface area contributed by atoms with Crippen molar-refractivity contribution in [3.8, 4) is 6.07 Å². The first-order chi connectivity index (χ1) is 12.2. The Balaban J connectivity index is 1.76. The molecule has 0 spiro atoms. The fraction of sp³-hybridized carbons (Fsp3) is 0. The molecule has 25 heavy (non-hydrogen) atoms. The SMILES string of the molecule is N#Cc1ccc(C(=O)c2nc(Nc3ccn[nH]3)c3cccn3n2)cc1. The number of aromatic amines is 1. The Hall–Kier alpha value is -3.99. The van der Waals surface area contributed by atoms with Crippen molar-refractivity contribution in [1.29, 1.82) is 5.26 Å². The molecule has 0 unspecified atom stereocenters. The first-order valence-electron chi connectivity index (χ1n) is 7.41. The largest absolute Gasteiger partial charge is 0.323 e. The van der Waals surface area contributed by atoms with E-state index >= 15 is 0 Å². The van der Waals surface area contributed by atoms with Crippen molar-refractivity contribution in [2.75, 3.05) is 5.32 Å². The molecule has 0 saturated carbocycles. The molecule has 0 amide bonds. The normalized spacial score (nSPS) is 10.5. The Morgan fingerprint density at radius 3 is 2.76 bits per heavy atom. The molecule has 2 N–H and O–H groups in total. The van der Waals surface area contributed by atoms with Crippen LogP contribution in [0.1, 0.15) is 21.7 Å². The third kappa shape index (κ3) is 2.70. The molecule has 1 aromatic carbocycles. The van der Waals surface area contributed by atoms with Crippen LogP contribution in [0.2, 0.25) is 0 Å². The molecule has 0 saturated heterocycles. The number of aromatic nitrogens is 5. The second kappa shape index (κ2) is 5.90. The average molecular weight is 329 g/mol. The number of hydrogen-bond donors (Lipinski definition) is 2. The first-order valence-corrected chi connectivity index (χ1v) is 7.41. The van der Waals surface area contributed by atoms with E-state index in [1.807, 2.05) is 18.2 Å². The van der Waals surface area contributed by atoms with Crippen LogP contribution in [0.5, 0.6) is 0 Å². The highest BCUT2D eigenvalue weighted by molar-refractivity contribution is 6.06. The lowest BCUT2D eigenvalue weighted by Gasteiger charge is -2.08. The Labute approximate surface area is 141 Å². The van der Waals surface area contributed by atoms with E-state index < -0.39 is 0 Å². The van der Waals surface area contributed by atoms with Crippen molar-refractivity contribution in [2.45, 2.75) is 0 Å². The van der Waals surface area contributed by atoms with Gasteiger partial charge in [0.15, 0.2) is 5.82 Å². The van der Waals surface area contributed by atoms with Crippen LogP contribution < -0.4 is 5.32 Å². The van der Waals surface area contributed by atoms with Crippen molar-refractivity contribution < 1.29 is 4.79 Å². The van der Waals surface area contributed by atoms with Crippen molar-refractivity contribution >= 4 is 22.9 Å². The highest BCUT2D eigenvalue weighted by Crippen LogP contribution is 2.19. The summed E-state index contributed by atoms with van der Waals surface area (Å²) in [7, 11) is 0. The standard InChI is InChI=1S/C17H11N7O/c18-10-11-3-5-12(6-4-11)15(25)17-21-16(20-14-7-8-19-22-14)13-2-1-9-24(13)23-17/h1-9H,(H2,19,20,21,22,23). The summed E-state index contributed by atoms with van der Waals surface area (Å²) in [6.07, 6.45) is 3.35. The lowest BCUT2D eigenvalue weighted by molar-refractivity contribution is 0.102. The van der Waals surface area contributed by atoms with Gasteiger partial charge in [-0.15, -0.1) is 5.10 Å². The summed E-state index contributed by atoms with van der Waals surface area (Å²) in [5.74, 6) is 0.864. The van der Waals surface area contributed by atoms with Crippen LogP contribution in [-0.2, 0) is 0 Å². The highest BCUT2D eigenvalue weighted by atomic mass is 16.1. The van der Waals surface area contributed by atoms with Crippen LogP contribution in [0.3, 0.4) is 0 Å². The maximum atomic E-state index is 12.7. The molecule has 0 bridgehead atoms. The lowest BCUT2D eigenvalue weighted by Crippen LogP contribution is -2.12. The molecule has 3 heterocycles. The second-order valence-corrected chi connectivity index (χ2v) is 5.24. The Kier molecular flexibility index (Phi) is 3.44. The molecular weight excluding hydrogens is 318 g/mol. The first kappa shape index (κ1) is 14.6. The predicted octanol–water partition coefficient (Wildman–Crippen LogP) is 2.30. The zero-order chi connectivity index (χ0) is 17.2. The van der Waals surface area contributed by atoms with Crippen LogP contribution in [0.4, 0.5) is 11.6 Å². The van der Waals surface area contributed by atoms with E-state index in [1.165, 1.54) is 0 Å². The summed E-state index contributed by atoms with van der Waals surface area (Å²) in [5.41, 5.74) is 1.63. The van der Waals surface area contributed by atoms with Gasteiger partial charge in [0.1, 0.15) is 11.3 Å². The number of hydrogen-bond acceptors (Lipinski definition) is 6. The minimum Gasteiger partial charge on any atom is -0.323 e. The maximum absolute atomic E-state index is 12.7. The monoisotopic (exact) mass is 329 g/mol. The van der Waals surface area contributed by atoms with Crippen LogP contribution in [0, 0.1) is 11.3 Å². The molecule has 0 fully saturated rings. The Morgan fingerprint density at radius 2 is 2.04 bits per heavy atom. The van der Waals surface area contributed by atoms with Gasteiger partial charge in [0.25, 0.3) is 0 Å². The van der Waals surface area contributed by atoms with Crippen molar-refractivity contribution in [3.63, 3.8) is 0 Å². The molecule has 120 valence electrons. The number of benzene rings is 1. The van der Waals surface area contributed by atoms with Gasteiger partial charge >= 0.3 is 0 Å². The molecule has 8 heteroatoms. The van der Waals surface area contributed by atoms with Crippen LogP contribution in [-0.4, -0.2) is 30.6 Å². The smallest absolute Gasteiger partial charge is 0.232 e. The van der Waals surface area contributed by atoms with Crippen LogP contribution in [0.15, 0.2) is 54.9 Å². The van der Waals surface area contributed by atoms with Crippen molar-refractivity contribution in [3.05, 3.63) is 71.8 Å². The van der Waals surface area contributed by atoms with Gasteiger partial charge in [0.05, 0.1) is 17.8 Å². The van der Waals surface area contributed by atoms with Gasteiger partial charge in [0.2, 0.25) is 11.6 Å². The molecule has 4 rings (SSSR count). The van der Waals surface area contributed by atoms with Gasteiger partial charge in [-0.25, -0.2) is 9.50 Å². The van der Waals surface area contributed by atoms with Gasteiger partial charge in [-0.2, -0.15) is 10.4 Å². The summed E-state index contributed by atoms with van der Waals surface area (Å²) in [6.45, 7) is 0. The molecule has 3 aromatic heterocycles. The molecule has 0 aliphatic carbocycles. The molecule has 4 aromatic rings. The van der Waals surface area contributed by atoms with Crippen molar-refractivity contribution in [1.82, 2.24) is 24.8 Å². The lowest BCUT2D eigenvalue weighted by atomic mass is 10.1. The van der Waals surface area contributed by atoms with E-state index in [0.717, 1.165) is 5.52 Å². The average Bonchev–Trinajstić information content (AvgIpc) is 3.32. The van der Waals surface area contributed by atoms with Crippen LogP contribution >= 0.6 is 0 Å². The number of carbonyl (C=O) groups is 1. The van der Waals surface area contributed by atoms with Gasteiger partial charge in [-0.3, -0.25) is 9.89 Å². The summed E-state index contributed by atoms with van der Waals surface area (Å²) in [5, 5.41) is 22.9. The van der Waals surface area contributed by atoms with E-state index in [2.05, 4.69) is 25.6 Å². The molecule has 0 aliphatic rings. The zero-order valence-corrected chi connectivity index (χ0v) is 12.8. The zero-order valence-electron chi connectivity index (χ0n) is 12.8. The molecule has 0 aliphatic heterocycles. The topological polar surface area (TPSA) is 112 Å². The number of H-pyrrole nitrogens is 1. The summed E-state index contributed by atoms with van der Waals surface area (Å²) in [6, 6.07) is 13.8. The third-order valence-corrected chi connectivity index (χ3v) is 3.62. The second-order valence-electron chi connectivity index (χ2n) is 5.24.